The van der Waals surface area contributed by atoms with Crippen molar-refractivity contribution >= 4 is 38.0 Å². The highest BCUT2D eigenvalue weighted by Gasteiger charge is 2.34. The number of thiazole rings is 1. The molecule has 0 spiro atoms. The predicted octanol–water partition coefficient (Wildman–Crippen LogP) is 4.37. The van der Waals surface area contributed by atoms with E-state index in [1.165, 1.54) is 0 Å². The number of aromatic nitrogens is 2. The monoisotopic (exact) mass is 401 g/mol. The van der Waals surface area contributed by atoms with E-state index in [-0.39, 0.29) is 5.01 Å². The molecular formula is C16H14F3N3O2S2. The van der Waals surface area contributed by atoms with Gasteiger partial charge < -0.3 is 0 Å². The van der Waals surface area contributed by atoms with Crippen LogP contribution in [-0.4, -0.2) is 24.6 Å². The topological polar surface area (TPSA) is 72.0 Å². The number of halogens is 3. The molecule has 0 saturated heterocycles. The first-order valence-corrected chi connectivity index (χ1v) is 10.1. The van der Waals surface area contributed by atoms with Gasteiger partial charge in [0.2, 0.25) is 10.0 Å². The van der Waals surface area contributed by atoms with Gasteiger partial charge in [0.25, 0.3) is 0 Å². The molecule has 5 nitrogen and oxygen atoms in total. The molecule has 0 unspecified atom stereocenters. The Morgan fingerprint density at radius 1 is 1.15 bits per heavy atom. The van der Waals surface area contributed by atoms with Gasteiger partial charge in [-0.15, -0.1) is 11.3 Å². The third-order valence-corrected chi connectivity index (χ3v) is 5.21. The SMILES string of the molecule is Cc1cc(-c2nc(C(F)(F)F)cs2)nc2c(C)c(NS(C)(=O)=O)ccc12. The van der Waals surface area contributed by atoms with Gasteiger partial charge in [0, 0.05) is 10.8 Å². The van der Waals surface area contributed by atoms with Crippen LogP contribution in [0.4, 0.5) is 18.9 Å². The third-order valence-electron chi connectivity index (χ3n) is 3.75. The molecule has 10 heteroatoms. The number of alkyl halides is 3. The molecule has 0 aliphatic carbocycles. The Morgan fingerprint density at radius 3 is 2.42 bits per heavy atom. The van der Waals surface area contributed by atoms with Crippen LogP contribution in [0.3, 0.4) is 0 Å². The van der Waals surface area contributed by atoms with E-state index in [2.05, 4.69) is 14.7 Å². The van der Waals surface area contributed by atoms with Crippen LogP contribution in [0.1, 0.15) is 16.8 Å². The summed E-state index contributed by atoms with van der Waals surface area (Å²) in [5, 5.41) is 1.89. The highest BCUT2D eigenvalue weighted by atomic mass is 32.2. The summed E-state index contributed by atoms with van der Waals surface area (Å²) in [6.07, 6.45) is -3.47. The Bertz CT molecular complexity index is 1110. The number of hydrogen-bond acceptors (Lipinski definition) is 5. The fraction of sp³-hybridized carbons (Fsp3) is 0.250. The average molecular weight is 401 g/mol. The zero-order chi connectivity index (χ0) is 19.3. The second-order valence-electron chi connectivity index (χ2n) is 5.87. The van der Waals surface area contributed by atoms with E-state index in [1.54, 1.807) is 25.1 Å². The van der Waals surface area contributed by atoms with Gasteiger partial charge in [0.1, 0.15) is 5.01 Å². The number of aryl methyl sites for hydroxylation is 2. The highest BCUT2D eigenvalue weighted by molar-refractivity contribution is 7.92. The summed E-state index contributed by atoms with van der Waals surface area (Å²) in [7, 11) is -3.47. The maximum absolute atomic E-state index is 12.8. The molecule has 0 amide bonds. The van der Waals surface area contributed by atoms with E-state index < -0.39 is 21.9 Å². The maximum Gasteiger partial charge on any atom is 0.434 e. The van der Waals surface area contributed by atoms with Gasteiger partial charge >= 0.3 is 6.18 Å². The van der Waals surface area contributed by atoms with Gasteiger partial charge in [-0.3, -0.25) is 4.72 Å². The number of anilines is 1. The summed E-state index contributed by atoms with van der Waals surface area (Å²) in [5.41, 5.74) is 1.64. The lowest BCUT2D eigenvalue weighted by Crippen LogP contribution is -2.11. The molecule has 1 aromatic carbocycles. The van der Waals surface area contributed by atoms with Crippen molar-refractivity contribution in [1.29, 1.82) is 0 Å². The second kappa shape index (κ2) is 6.20. The first-order valence-electron chi connectivity index (χ1n) is 7.37. The van der Waals surface area contributed by atoms with Gasteiger partial charge in [-0.25, -0.2) is 18.4 Å². The van der Waals surface area contributed by atoms with E-state index in [0.717, 1.165) is 33.9 Å². The van der Waals surface area contributed by atoms with Crippen LogP contribution in [0.2, 0.25) is 0 Å². The molecule has 0 bridgehead atoms. The largest absolute Gasteiger partial charge is 0.434 e. The molecule has 138 valence electrons. The fourth-order valence-electron chi connectivity index (χ4n) is 2.54. The Labute approximate surface area is 152 Å². The average Bonchev–Trinajstić information content (AvgIpc) is 2.99. The number of hydrogen-bond donors (Lipinski definition) is 1. The van der Waals surface area contributed by atoms with E-state index in [0.29, 0.717) is 22.5 Å². The van der Waals surface area contributed by atoms with Crippen LogP contribution in [0, 0.1) is 13.8 Å². The Morgan fingerprint density at radius 2 is 1.85 bits per heavy atom. The Balaban J connectivity index is 2.17. The van der Waals surface area contributed by atoms with Crippen molar-refractivity contribution in [1.82, 2.24) is 9.97 Å². The molecular weight excluding hydrogens is 387 g/mol. The zero-order valence-corrected chi connectivity index (χ0v) is 15.6. The molecule has 3 aromatic rings. The molecule has 0 saturated carbocycles. The number of sulfonamides is 1. The predicted molar refractivity (Wildman–Crippen MR) is 95.8 cm³/mol. The molecule has 26 heavy (non-hydrogen) atoms. The molecule has 0 aliphatic heterocycles. The first kappa shape index (κ1) is 18.6. The minimum atomic E-state index is -4.51. The van der Waals surface area contributed by atoms with E-state index in [1.807, 2.05) is 6.92 Å². The van der Waals surface area contributed by atoms with Crippen LogP contribution in [-0.2, 0) is 16.2 Å². The van der Waals surface area contributed by atoms with Crippen molar-refractivity contribution in [2.45, 2.75) is 20.0 Å². The van der Waals surface area contributed by atoms with Gasteiger partial charge in [0.15, 0.2) is 5.69 Å². The number of fused-ring (bicyclic) bond motifs is 1. The second-order valence-corrected chi connectivity index (χ2v) is 8.48. The normalized spacial score (nSPS) is 12.5. The summed E-state index contributed by atoms with van der Waals surface area (Å²) in [6, 6.07) is 5.04. The van der Waals surface area contributed by atoms with Crippen LogP contribution in [0.5, 0.6) is 0 Å². The zero-order valence-electron chi connectivity index (χ0n) is 14.0. The fourth-order valence-corrected chi connectivity index (χ4v) is 3.95. The highest BCUT2D eigenvalue weighted by Crippen LogP contribution is 2.35. The van der Waals surface area contributed by atoms with Gasteiger partial charge in [0.05, 0.1) is 23.2 Å². The standard InChI is InChI=1S/C16H14F3N3O2S2/c1-8-6-12(15-21-13(7-25-15)16(17,18)19)20-14-9(2)11(5-4-10(8)14)22-26(3,23)24/h4-7,22H,1-3H3. The molecule has 2 heterocycles. The minimum absolute atomic E-state index is 0.156. The molecule has 2 aromatic heterocycles. The number of pyridine rings is 1. The number of nitrogens with zero attached hydrogens (tertiary/aromatic N) is 2. The lowest BCUT2D eigenvalue weighted by atomic mass is 10.0. The quantitative estimate of drug-likeness (QED) is 0.708. The number of rotatable bonds is 3. The summed E-state index contributed by atoms with van der Waals surface area (Å²) in [5.74, 6) is 0. The molecule has 0 fully saturated rings. The maximum atomic E-state index is 12.8. The molecule has 3 rings (SSSR count). The number of nitrogens with one attached hydrogen (secondary N) is 1. The van der Waals surface area contributed by atoms with Crippen molar-refractivity contribution < 1.29 is 21.6 Å². The lowest BCUT2D eigenvalue weighted by molar-refractivity contribution is -0.140. The summed E-state index contributed by atoms with van der Waals surface area (Å²) in [4.78, 5) is 8.07. The van der Waals surface area contributed by atoms with Crippen molar-refractivity contribution in [2.24, 2.45) is 0 Å². The third kappa shape index (κ3) is 3.65. The number of benzene rings is 1. The van der Waals surface area contributed by atoms with Crippen LogP contribution >= 0.6 is 11.3 Å². The van der Waals surface area contributed by atoms with E-state index in [9.17, 15) is 21.6 Å². The van der Waals surface area contributed by atoms with Crippen molar-refractivity contribution in [3.63, 3.8) is 0 Å². The van der Waals surface area contributed by atoms with Crippen LogP contribution < -0.4 is 4.72 Å². The van der Waals surface area contributed by atoms with E-state index >= 15 is 0 Å². The molecule has 1 N–H and O–H groups in total. The summed E-state index contributed by atoms with van der Waals surface area (Å²) < 4.78 is 63.8. The molecule has 0 radical (unpaired) electrons. The van der Waals surface area contributed by atoms with E-state index in [4.69, 9.17) is 0 Å². The molecule has 0 aliphatic rings. The van der Waals surface area contributed by atoms with Gasteiger partial charge in [-0.2, -0.15) is 13.2 Å². The van der Waals surface area contributed by atoms with Crippen molar-refractivity contribution in [3.8, 4) is 10.7 Å². The Hall–Kier alpha value is -2.20. The minimum Gasteiger partial charge on any atom is -0.283 e. The van der Waals surface area contributed by atoms with Crippen molar-refractivity contribution in [3.05, 3.63) is 40.4 Å². The lowest BCUT2D eigenvalue weighted by Gasteiger charge is -2.12. The smallest absolute Gasteiger partial charge is 0.283 e. The van der Waals surface area contributed by atoms with Gasteiger partial charge in [-0.1, -0.05) is 6.07 Å². The summed E-state index contributed by atoms with van der Waals surface area (Å²) >= 11 is 0.862. The first-order chi connectivity index (χ1) is 12.0. The van der Waals surface area contributed by atoms with Crippen molar-refractivity contribution in [2.75, 3.05) is 11.0 Å². The Kier molecular flexibility index (Phi) is 4.43. The van der Waals surface area contributed by atoms with Gasteiger partial charge in [-0.05, 0) is 37.1 Å². The van der Waals surface area contributed by atoms with Crippen LogP contribution in [0.15, 0.2) is 23.6 Å². The van der Waals surface area contributed by atoms with Crippen LogP contribution in [0.25, 0.3) is 21.6 Å². The molecule has 0 atom stereocenters. The summed E-state index contributed by atoms with van der Waals surface area (Å²) in [6.45, 7) is 3.52.